The Morgan fingerprint density at radius 1 is 1.12 bits per heavy atom. The molecule has 2 nitrogen and oxygen atoms in total. The predicted octanol–water partition coefficient (Wildman–Crippen LogP) is 2.52. The molecule has 2 N–H and O–H groups in total. The molecule has 0 spiro atoms. The predicted molar refractivity (Wildman–Crippen MR) is 69.3 cm³/mol. The highest BCUT2D eigenvalue weighted by molar-refractivity contribution is 5.25. The minimum atomic E-state index is -0.817. The van der Waals surface area contributed by atoms with Crippen molar-refractivity contribution in [3.8, 4) is 11.8 Å². The van der Waals surface area contributed by atoms with Crippen molar-refractivity contribution in [1.82, 2.24) is 0 Å². The molecule has 1 aromatic carbocycles. The SMILES string of the molecule is CC[C@@H](C)CC(O)C#CC(O)c1ccccc1. The van der Waals surface area contributed by atoms with Gasteiger partial charge in [-0.3, -0.25) is 0 Å². The van der Waals surface area contributed by atoms with E-state index < -0.39 is 12.2 Å². The topological polar surface area (TPSA) is 40.5 Å². The van der Waals surface area contributed by atoms with Gasteiger partial charge in [-0.25, -0.2) is 0 Å². The molecule has 0 saturated heterocycles. The van der Waals surface area contributed by atoms with Crippen LogP contribution in [0.25, 0.3) is 0 Å². The lowest BCUT2D eigenvalue weighted by Gasteiger charge is -2.09. The number of hydrogen-bond acceptors (Lipinski definition) is 2. The fourth-order valence-electron chi connectivity index (χ4n) is 1.50. The first-order valence-electron chi connectivity index (χ1n) is 6.05. The second-order valence-electron chi connectivity index (χ2n) is 4.37. The van der Waals surface area contributed by atoms with E-state index >= 15 is 0 Å². The summed E-state index contributed by atoms with van der Waals surface area (Å²) in [5.41, 5.74) is 0.760. The van der Waals surface area contributed by atoms with Crippen LogP contribution in [-0.2, 0) is 0 Å². The highest BCUT2D eigenvalue weighted by atomic mass is 16.3. The summed E-state index contributed by atoms with van der Waals surface area (Å²) >= 11 is 0. The molecule has 17 heavy (non-hydrogen) atoms. The van der Waals surface area contributed by atoms with E-state index in [-0.39, 0.29) is 0 Å². The minimum absolute atomic E-state index is 0.452. The molecule has 92 valence electrons. The monoisotopic (exact) mass is 232 g/mol. The van der Waals surface area contributed by atoms with Crippen molar-refractivity contribution in [2.45, 2.75) is 38.9 Å². The summed E-state index contributed by atoms with van der Waals surface area (Å²) in [5, 5.41) is 19.4. The van der Waals surface area contributed by atoms with Crippen molar-refractivity contribution in [2.24, 2.45) is 5.92 Å². The van der Waals surface area contributed by atoms with E-state index in [9.17, 15) is 10.2 Å². The summed E-state index contributed by atoms with van der Waals surface area (Å²) in [4.78, 5) is 0. The third-order valence-corrected chi connectivity index (χ3v) is 2.82. The van der Waals surface area contributed by atoms with Crippen molar-refractivity contribution in [1.29, 1.82) is 0 Å². The fraction of sp³-hybridized carbons (Fsp3) is 0.467. The zero-order valence-electron chi connectivity index (χ0n) is 10.4. The molecule has 2 heteroatoms. The van der Waals surface area contributed by atoms with E-state index in [0.29, 0.717) is 12.3 Å². The van der Waals surface area contributed by atoms with Crippen LogP contribution in [0.15, 0.2) is 30.3 Å². The van der Waals surface area contributed by atoms with Crippen molar-refractivity contribution < 1.29 is 10.2 Å². The molecule has 0 aliphatic carbocycles. The molecular weight excluding hydrogens is 212 g/mol. The van der Waals surface area contributed by atoms with Gasteiger partial charge in [-0.05, 0) is 17.9 Å². The summed E-state index contributed by atoms with van der Waals surface area (Å²) in [6, 6.07) is 9.24. The maximum Gasteiger partial charge on any atom is 0.140 e. The summed E-state index contributed by atoms with van der Waals surface area (Å²) < 4.78 is 0. The highest BCUT2D eigenvalue weighted by Gasteiger charge is 2.06. The van der Waals surface area contributed by atoms with E-state index in [2.05, 4.69) is 25.7 Å². The Kier molecular flexibility index (Phi) is 5.76. The van der Waals surface area contributed by atoms with Gasteiger partial charge in [-0.1, -0.05) is 62.4 Å². The second-order valence-corrected chi connectivity index (χ2v) is 4.37. The Morgan fingerprint density at radius 3 is 2.35 bits per heavy atom. The van der Waals surface area contributed by atoms with Crippen molar-refractivity contribution in [3.05, 3.63) is 35.9 Å². The van der Waals surface area contributed by atoms with E-state index in [0.717, 1.165) is 12.0 Å². The average molecular weight is 232 g/mol. The normalized spacial score (nSPS) is 15.5. The van der Waals surface area contributed by atoms with E-state index in [1.165, 1.54) is 0 Å². The van der Waals surface area contributed by atoms with Crippen LogP contribution in [-0.4, -0.2) is 16.3 Å². The fourth-order valence-corrected chi connectivity index (χ4v) is 1.50. The molecule has 1 rings (SSSR count). The highest BCUT2D eigenvalue weighted by Crippen LogP contribution is 2.12. The molecule has 3 atom stereocenters. The first kappa shape index (κ1) is 13.8. The van der Waals surface area contributed by atoms with Crippen molar-refractivity contribution in [2.75, 3.05) is 0 Å². The Morgan fingerprint density at radius 2 is 1.76 bits per heavy atom. The van der Waals surface area contributed by atoms with Gasteiger partial charge in [0.1, 0.15) is 12.2 Å². The minimum Gasteiger partial charge on any atom is -0.380 e. The van der Waals surface area contributed by atoms with Gasteiger partial charge in [0.15, 0.2) is 0 Å². The van der Waals surface area contributed by atoms with E-state index in [1.54, 1.807) is 0 Å². The Hall–Kier alpha value is -1.30. The van der Waals surface area contributed by atoms with E-state index in [4.69, 9.17) is 0 Å². The average Bonchev–Trinajstić information content (AvgIpc) is 2.36. The lowest BCUT2D eigenvalue weighted by Crippen LogP contribution is -2.09. The molecule has 0 heterocycles. The molecule has 0 bridgehead atoms. The molecule has 0 amide bonds. The van der Waals surface area contributed by atoms with Crippen LogP contribution in [0.5, 0.6) is 0 Å². The Labute approximate surface area is 103 Å². The quantitative estimate of drug-likeness (QED) is 0.783. The largest absolute Gasteiger partial charge is 0.380 e. The van der Waals surface area contributed by atoms with Gasteiger partial charge in [-0.15, -0.1) is 0 Å². The van der Waals surface area contributed by atoms with Gasteiger partial charge in [0.2, 0.25) is 0 Å². The van der Waals surface area contributed by atoms with Crippen molar-refractivity contribution >= 4 is 0 Å². The molecule has 0 saturated carbocycles. The summed E-state index contributed by atoms with van der Waals surface area (Å²) in [6.45, 7) is 4.17. The maximum atomic E-state index is 9.78. The molecular formula is C15H20O2. The van der Waals surface area contributed by atoms with Crippen LogP contribution in [0.2, 0.25) is 0 Å². The Bertz CT molecular complexity index is 375. The van der Waals surface area contributed by atoms with Crippen LogP contribution in [0.3, 0.4) is 0 Å². The first-order chi connectivity index (χ1) is 8.13. The maximum absolute atomic E-state index is 9.78. The van der Waals surface area contributed by atoms with Gasteiger partial charge in [0.25, 0.3) is 0 Å². The molecule has 0 aliphatic heterocycles. The lowest BCUT2D eigenvalue weighted by molar-refractivity contribution is 0.196. The molecule has 0 aromatic heterocycles. The summed E-state index contributed by atoms with van der Waals surface area (Å²) in [6.07, 6.45) is 0.219. The zero-order chi connectivity index (χ0) is 12.7. The standard InChI is InChI=1S/C15H20O2/c1-3-12(2)11-14(16)9-10-15(17)13-7-5-4-6-8-13/h4-8,12,14-17H,3,11H2,1-2H3/t12-,14?,15?/m1/s1. The van der Waals surface area contributed by atoms with Crippen LogP contribution < -0.4 is 0 Å². The van der Waals surface area contributed by atoms with Gasteiger partial charge < -0.3 is 10.2 Å². The smallest absolute Gasteiger partial charge is 0.140 e. The third-order valence-electron chi connectivity index (χ3n) is 2.82. The van der Waals surface area contributed by atoms with Crippen LogP contribution in [0.4, 0.5) is 0 Å². The summed E-state index contributed by atoms with van der Waals surface area (Å²) in [7, 11) is 0. The number of aliphatic hydroxyl groups is 2. The van der Waals surface area contributed by atoms with Crippen molar-refractivity contribution in [3.63, 3.8) is 0 Å². The van der Waals surface area contributed by atoms with E-state index in [1.807, 2.05) is 30.3 Å². The van der Waals surface area contributed by atoms with Crippen LogP contribution in [0, 0.1) is 17.8 Å². The summed E-state index contributed by atoms with van der Waals surface area (Å²) in [5.74, 6) is 5.84. The molecule has 0 radical (unpaired) electrons. The van der Waals surface area contributed by atoms with Gasteiger partial charge in [-0.2, -0.15) is 0 Å². The van der Waals surface area contributed by atoms with Crippen LogP contribution in [0.1, 0.15) is 38.4 Å². The molecule has 1 aromatic rings. The molecule has 0 aliphatic rings. The second kappa shape index (κ2) is 7.11. The molecule has 0 fully saturated rings. The first-order valence-corrected chi connectivity index (χ1v) is 6.05. The zero-order valence-corrected chi connectivity index (χ0v) is 10.4. The molecule has 2 unspecified atom stereocenters. The van der Waals surface area contributed by atoms with Gasteiger partial charge in [0, 0.05) is 0 Å². The number of rotatable bonds is 4. The number of hydrogen-bond donors (Lipinski definition) is 2. The Balaban J connectivity index is 2.54. The third kappa shape index (κ3) is 5.04. The lowest BCUT2D eigenvalue weighted by atomic mass is 10.0. The number of aliphatic hydroxyl groups excluding tert-OH is 2. The van der Waals surface area contributed by atoms with Gasteiger partial charge in [0.05, 0.1) is 0 Å². The van der Waals surface area contributed by atoms with Gasteiger partial charge >= 0.3 is 0 Å². The van der Waals surface area contributed by atoms with Crippen LogP contribution >= 0.6 is 0 Å². The number of benzene rings is 1.